The lowest BCUT2D eigenvalue weighted by Crippen LogP contribution is -2.15. The summed E-state index contributed by atoms with van der Waals surface area (Å²) < 4.78 is 6.52. The minimum absolute atomic E-state index is 0.208. The largest absolute Gasteiger partial charge is 0.497 e. The summed E-state index contributed by atoms with van der Waals surface area (Å²) >= 11 is 0. The van der Waals surface area contributed by atoms with Gasteiger partial charge in [-0.3, -0.25) is 4.79 Å². The van der Waals surface area contributed by atoms with Gasteiger partial charge in [0, 0.05) is 5.69 Å². The van der Waals surface area contributed by atoms with Gasteiger partial charge >= 0.3 is 0 Å². The smallest absolute Gasteiger partial charge is 0.276 e. The van der Waals surface area contributed by atoms with E-state index in [1.807, 2.05) is 0 Å². The van der Waals surface area contributed by atoms with Crippen molar-refractivity contribution >= 4 is 11.6 Å². The minimum atomic E-state index is -0.345. The standard InChI is InChI=1S/C14H12N6O2/c1-22-11-4-2-10(3-5-11)17-14(21)12-6-7-13(19-18-12)20-9-15-8-16-20/h2-9H,1H3,(H,17,21). The number of rotatable bonds is 4. The molecule has 1 aromatic carbocycles. The van der Waals surface area contributed by atoms with Crippen LogP contribution in [0.4, 0.5) is 5.69 Å². The molecule has 0 saturated heterocycles. The summed E-state index contributed by atoms with van der Waals surface area (Å²) in [5, 5.41) is 14.5. The summed E-state index contributed by atoms with van der Waals surface area (Å²) in [7, 11) is 1.58. The highest BCUT2D eigenvalue weighted by atomic mass is 16.5. The topological polar surface area (TPSA) is 94.8 Å². The highest BCUT2D eigenvalue weighted by molar-refractivity contribution is 6.02. The number of ether oxygens (including phenoxy) is 1. The maximum absolute atomic E-state index is 12.1. The number of carbonyl (C=O) groups excluding carboxylic acids is 1. The second-order valence-electron chi connectivity index (χ2n) is 4.30. The molecule has 8 heteroatoms. The van der Waals surface area contributed by atoms with Crippen LogP contribution in [0.5, 0.6) is 5.75 Å². The van der Waals surface area contributed by atoms with Crippen LogP contribution in [0.3, 0.4) is 0 Å². The first-order chi connectivity index (χ1) is 10.8. The first-order valence-electron chi connectivity index (χ1n) is 6.40. The lowest BCUT2D eigenvalue weighted by Gasteiger charge is -2.06. The molecule has 1 amide bonds. The Balaban J connectivity index is 1.71. The van der Waals surface area contributed by atoms with Crippen LogP contribution in [0.15, 0.2) is 49.1 Å². The van der Waals surface area contributed by atoms with Crippen molar-refractivity contribution in [1.82, 2.24) is 25.0 Å². The van der Waals surface area contributed by atoms with Crippen molar-refractivity contribution in [1.29, 1.82) is 0 Å². The van der Waals surface area contributed by atoms with Crippen LogP contribution >= 0.6 is 0 Å². The third kappa shape index (κ3) is 2.90. The zero-order chi connectivity index (χ0) is 15.4. The molecule has 0 radical (unpaired) electrons. The average molecular weight is 296 g/mol. The molecule has 0 atom stereocenters. The Bertz CT molecular complexity index is 753. The number of hydrogen-bond donors (Lipinski definition) is 1. The van der Waals surface area contributed by atoms with E-state index < -0.39 is 0 Å². The second kappa shape index (κ2) is 6.00. The number of nitrogens with one attached hydrogen (secondary N) is 1. The normalized spacial score (nSPS) is 10.2. The molecular weight excluding hydrogens is 284 g/mol. The van der Waals surface area contributed by atoms with Crippen molar-refractivity contribution < 1.29 is 9.53 Å². The summed E-state index contributed by atoms with van der Waals surface area (Å²) in [6.45, 7) is 0. The fourth-order valence-electron chi connectivity index (χ4n) is 1.76. The third-order valence-corrected chi connectivity index (χ3v) is 2.88. The van der Waals surface area contributed by atoms with Crippen molar-refractivity contribution in [2.45, 2.75) is 0 Å². The van der Waals surface area contributed by atoms with Gasteiger partial charge in [0.05, 0.1) is 7.11 Å². The predicted octanol–water partition coefficient (Wildman–Crippen LogP) is 1.32. The van der Waals surface area contributed by atoms with Gasteiger partial charge < -0.3 is 10.1 Å². The highest BCUT2D eigenvalue weighted by Crippen LogP contribution is 2.15. The van der Waals surface area contributed by atoms with Crippen LogP contribution in [0.2, 0.25) is 0 Å². The second-order valence-corrected chi connectivity index (χ2v) is 4.30. The molecule has 110 valence electrons. The number of methoxy groups -OCH3 is 1. The zero-order valence-electron chi connectivity index (χ0n) is 11.7. The average Bonchev–Trinajstić information content (AvgIpc) is 3.10. The Morgan fingerprint density at radius 3 is 2.55 bits per heavy atom. The maximum atomic E-state index is 12.1. The minimum Gasteiger partial charge on any atom is -0.497 e. The van der Waals surface area contributed by atoms with Gasteiger partial charge in [0.1, 0.15) is 18.4 Å². The van der Waals surface area contributed by atoms with E-state index >= 15 is 0 Å². The SMILES string of the molecule is COc1ccc(NC(=O)c2ccc(-n3cncn3)nn2)cc1. The summed E-state index contributed by atoms with van der Waals surface area (Å²) in [6.07, 6.45) is 2.90. The molecule has 22 heavy (non-hydrogen) atoms. The molecule has 0 bridgehead atoms. The van der Waals surface area contributed by atoms with E-state index in [9.17, 15) is 4.79 Å². The van der Waals surface area contributed by atoms with Crippen molar-refractivity contribution in [3.8, 4) is 11.6 Å². The Hall–Kier alpha value is -3.29. The van der Waals surface area contributed by atoms with Crippen LogP contribution < -0.4 is 10.1 Å². The number of amides is 1. The summed E-state index contributed by atoms with van der Waals surface area (Å²) in [5.74, 6) is 0.858. The molecule has 0 spiro atoms. The van der Waals surface area contributed by atoms with Gasteiger partial charge in [-0.1, -0.05) is 0 Å². The van der Waals surface area contributed by atoms with Crippen LogP contribution in [0, 0.1) is 0 Å². The Kier molecular flexibility index (Phi) is 3.73. The molecule has 0 unspecified atom stereocenters. The zero-order valence-corrected chi connectivity index (χ0v) is 11.7. The number of benzene rings is 1. The van der Waals surface area contributed by atoms with Crippen molar-refractivity contribution in [3.63, 3.8) is 0 Å². The monoisotopic (exact) mass is 296 g/mol. The van der Waals surface area contributed by atoms with Gasteiger partial charge in [-0.2, -0.15) is 5.10 Å². The molecule has 0 saturated carbocycles. The fourth-order valence-corrected chi connectivity index (χ4v) is 1.76. The lowest BCUT2D eigenvalue weighted by molar-refractivity contribution is 0.102. The molecular formula is C14H12N6O2. The number of aromatic nitrogens is 5. The van der Waals surface area contributed by atoms with E-state index in [4.69, 9.17) is 4.74 Å². The van der Waals surface area contributed by atoms with E-state index in [1.54, 1.807) is 43.5 Å². The molecule has 3 aromatic rings. The molecule has 2 heterocycles. The van der Waals surface area contributed by atoms with Gasteiger partial charge in [-0.15, -0.1) is 10.2 Å². The Labute approximate surface area is 125 Å². The highest BCUT2D eigenvalue weighted by Gasteiger charge is 2.09. The van der Waals surface area contributed by atoms with E-state index in [0.29, 0.717) is 11.5 Å². The molecule has 8 nitrogen and oxygen atoms in total. The van der Waals surface area contributed by atoms with Gasteiger partial charge in [0.25, 0.3) is 5.91 Å². The quantitative estimate of drug-likeness (QED) is 0.780. The first kappa shape index (κ1) is 13.7. The van der Waals surface area contributed by atoms with E-state index in [1.165, 1.54) is 17.3 Å². The molecule has 0 aliphatic heterocycles. The van der Waals surface area contributed by atoms with E-state index in [-0.39, 0.29) is 11.6 Å². The van der Waals surface area contributed by atoms with E-state index in [2.05, 4.69) is 25.6 Å². The van der Waals surface area contributed by atoms with Gasteiger partial charge in [0.15, 0.2) is 11.5 Å². The number of nitrogens with zero attached hydrogens (tertiary/aromatic N) is 5. The molecule has 0 fully saturated rings. The van der Waals surface area contributed by atoms with Crippen molar-refractivity contribution in [2.24, 2.45) is 0 Å². The Morgan fingerprint density at radius 2 is 1.95 bits per heavy atom. The van der Waals surface area contributed by atoms with Crippen LogP contribution in [0.1, 0.15) is 10.5 Å². The number of carbonyl (C=O) groups is 1. The van der Waals surface area contributed by atoms with Crippen molar-refractivity contribution in [2.75, 3.05) is 12.4 Å². The van der Waals surface area contributed by atoms with Crippen LogP contribution in [-0.2, 0) is 0 Å². The number of hydrogen-bond acceptors (Lipinski definition) is 6. The molecule has 0 aliphatic carbocycles. The first-order valence-corrected chi connectivity index (χ1v) is 6.40. The summed E-state index contributed by atoms with van der Waals surface area (Å²) in [4.78, 5) is 15.9. The summed E-state index contributed by atoms with van der Waals surface area (Å²) in [6, 6.07) is 10.2. The van der Waals surface area contributed by atoms with Crippen LogP contribution in [0.25, 0.3) is 5.82 Å². The van der Waals surface area contributed by atoms with Gasteiger partial charge in [-0.25, -0.2) is 9.67 Å². The molecule has 3 rings (SSSR count). The lowest BCUT2D eigenvalue weighted by atomic mass is 10.3. The van der Waals surface area contributed by atoms with Crippen LogP contribution in [-0.4, -0.2) is 38.0 Å². The number of anilines is 1. The van der Waals surface area contributed by atoms with Crippen molar-refractivity contribution in [3.05, 3.63) is 54.7 Å². The summed E-state index contributed by atoms with van der Waals surface area (Å²) in [5.41, 5.74) is 0.854. The Morgan fingerprint density at radius 1 is 1.14 bits per heavy atom. The van der Waals surface area contributed by atoms with Gasteiger partial charge in [-0.05, 0) is 36.4 Å². The predicted molar refractivity (Wildman–Crippen MR) is 77.9 cm³/mol. The maximum Gasteiger partial charge on any atom is 0.276 e. The van der Waals surface area contributed by atoms with E-state index in [0.717, 1.165) is 5.75 Å². The van der Waals surface area contributed by atoms with Gasteiger partial charge in [0.2, 0.25) is 0 Å². The third-order valence-electron chi connectivity index (χ3n) is 2.88. The molecule has 1 N–H and O–H groups in total. The molecule has 2 aromatic heterocycles. The molecule has 0 aliphatic rings. The fraction of sp³-hybridized carbons (Fsp3) is 0.0714.